The Labute approximate surface area is 112 Å². The minimum atomic E-state index is -0.325. The first kappa shape index (κ1) is 11.8. The van der Waals surface area contributed by atoms with Crippen molar-refractivity contribution < 1.29 is 4.79 Å². The second kappa shape index (κ2) is 4.43. The van der Waals surface area contributed by atoms with E-state index in [1.165, 1.54) is 11.1 Å². The molecule has 0 bridgehead atoms. The zero-order valence-corrected chi connectivity index (χ0v) is 11.0. The van der Waals surface area contributed by atoms with Crippen LogP contribution in [0, 0.1) is 13.8 Å². The average Bonchev–Trinajstić information content (AvgIpc) is 2.36. The van der Waals surface area contributed by atoms with Gasteiger partial charge in [-0.05, 0) is 31.5 Å². The second-order valence-electron chi connectivity index (χ2n) is 5.03. The minimum absolute atomic E-state index is 0.0105. The smallest absolute Gasteiger partial charge is 0.251 e. The van der Waals surface area contributed by atoms with Crippen LogP contribution in [0.5, 0.6) is 0 Å². The molecule has 1 heterocycles. The molecule has 0 spiro atoms. The van der Waals surface area contributed by atoms with Crippen LogP contribution in [0.15, 0.2) is 42.5 Å². The van der Waals surface area contributed by atoms with Gasteiger partial charge in [0.25, 0.3) is 5.91 Å². The van der Waals surface area contributed by atoms with Gasteiger partial charge >= 0.3 is 0 Å². The van der Waals surface area contributed by atoms with Gasteiger partial charge in [-0.25, -0.2) is 0 Å². The molecule has 0 radical (unpaired) electrons. The number of aryl methyl sites for hydroxylation is 2. The fraction of sp³-hybridized carbons (Fsp3) is 0.188. The maximum Gasteiger partial charge on any atom is 0.251 e. The third-order valence-corrected chi connectivity index (χ3v) is 3.32. The largest absolute Gasteiger partial charge is 0.368 e. The lowest BCUT2D eigenvalue weighted by Crippen LogP contribution is -2.31. The molecule has 0 unspecified atom stereocenters. The Kier molecular flexibility index (Phi) is 2.75. The quantitative estimate of drug-likeness (QED) is 0.816. The second-order valence-corrected chi connectivity index (χ2v) is 5.03. The van der Waals surface area contributed by atoms with Crippen molar-refractivity contribution in [3.63, 3.8) is 0 Å². The zero-order chi connectivity index (χ0) is 13.4. The van der Waals surface area contributed by atoms with Gasteiger partial charge in [-0.3, -0.25) is 4.79 Å². The molecule has 1 atom stereocenters. The van der Waals surface area contributed by atoms with Crippen LogP contribution >= 0.6 is 0 Å². The number of carbonyl (C=O) groups excluding carboxylic acids is 1. The summed E-state index contributed by atoms with van der Waals surface area (Å²) in [6, 6.07) is 13.6. The van der Waals surface area contributed by atoms with E-state index in [-0.39, 0.29) is 11.9 Å². The maximum atomic E-state index is 12.2. The monoisotopic (exact) mass is 252 g/mol. The first-order chi connectivity index (χ1) is 9.13. The molecule has 2 aromatic rings. The molecule has 96 valence electrons. The molecule has 1 aliphatic heterocycles. The van der Waals surface area contributed by atoms with Gasteiger partial charge in [0.05, 0.1) is 11.4 Å². The number of anilines is 2. The highest BCUT2D eigenvalue weighted by Crippen LogP contribution is 2.32. The molecule has 0 saturated heterocycles. The molecule has 1 aliphatic rings. The fourth-order valence-electron chi connectivity index (χ4n) is 2.56. The van der Waals surface area contributed by atoms with E-state index in [0.717, 1.165) is 16.9 Å². The number of hydrogen-bond acceptors (Lipinski definition) is 2. The first-order valence-electron chi connectivity index (χ1n) is 6.38. The number of hydrogen-bond donors (Lipinski definition) is 2. The minimum Gasteiger partial charge on any atom is -0.368 e. The van der Waals surface area contributed by atoms with Crippen molar-refractivity contribution in [1.82, 2.24) is 0 Å². The summed E-state index contributed by atoms with van der Waals surface area (Å²) < 4.78 is 0. The molecule has 3 rings (SSSR count). The van der Waals surface area contributed by atoms with Crippen molar-refractivity contribution in [3.05, 3.63) is 59.2 Å². The number of rotatable bonds is 1. The highest BCUT2D eigenvalue weighted by molar-refractivity contribution is 6.03. The van der Waals surface area contributed by atoms with Gasteiger partial charge in [-0.15, -0.1) is 0 Å². The molecule has 0 saturated carbocycles. The summed E-state index contributed by atoms with van der Waals surface area (Å²) in [7, 11) is 0. The highest BCUT2D eigenvalue weighted by Gasteiger charge is 2.26. The molecule has 0 aliphatic carbocycles. The van der Waals surface area contributed by atoms with E-state index >= 15 is 0 Å². The van der Waals surface area contributed by atoms with Gasteiger partial charge in [-0.1, -0.05) is 41.5 Å². The zero-order valence-electron chi connectivity index (χ0n) is 11.0. The van der Waals surface area contributed by atoms with E-state index in [1.807, 2.05) is 38.1 Å². The predicted octanol–water partition coefficient (Wildman–Crippen LogP) is 3.41. The third kappa shape index (κ3) is 2.19. The molecule has 1 amide bonds. The van der Waals surface area contributed by atoms with E-state index in [2.05, 4.69) is 28.8 Å². The SMILES string of the molecule is Cc1cc(C)cc([C@H]2Nc3ccccc3NC2=O)c1. The predicted molar refractivity (Wildman–Crippen MR) is 77.4 cm³/mol. The summed E-state index contributed by atoms with van der Waals surface area (Å²) in [6.45, 7) is 4.09. The van der Waals surface area contributed by atoms with Crippen LogP contribution in [0.1, 0.15) is 22.7 Å². The molecular weight excluding hydrogens is 236 g/mol. The summed E-state index contributed by atoms with van der Waals surface area (Å²) in [4.78, 5) is 12.2. The molecule has 0 aromatic heterocycles. The van der Waals surface area contributed by atoms with Crippen molar-refractivity contribution in [1.29, 1.82) is 0 Å². The normalized spacial score (nSPS) is 17.4. The molecule has 2 N–H and O–H groups in total. The summed E-state index contributed by atoms with van der Waals surface area (Å²) in [6.07, 6.45) is 0. The number of para-hydroxylation sites is 2. The van der Waals surface area contributed by atoms with Crippen LogP contribution in [-0.2, 0) is 4.79 Å². The Morgan fingerprint density at radius 2 is 1.58 bits per heavy atom. The van der Waals surface area contributed by atoms with Crippen LogP contribution in [-0.4, -0.2) is 5.91 Å². The van der Waals surface area contributed by atoms with Gasteiger partial charge in [0, 0.05) is 0 Å². The van der Waals surface area contributed by atoms with Crippen LogP contribution in [0.4, 0.5) is 11.4 Å². The molecule has 3 nitrogen and oxygen atoms in total. The number of amides is 1. The van der Waals surface area contributed by atoms with E-state index in [9.17, 15) is 4.79 Å². The Bertz CT molecular complexity index is 629. The molecule has 0 fully saturated rings. The van der Waals surface area contributed by atoms with E-state index in [4.69, 9.17) is 0 Å². The van der Waals surface area contributed by atoms with Crippen LogP contribution in [0.2, 0.25) is 0 Å². The van der Waals surface area contributed by atoms with Crippen molar-refractivity contribution >= 4 is 17.3 Å². The average molecular weight is 252 g/mol. The molecular formula is C16H16N2O. The number of fused-ring (bicyclic) bond motifs is 1. The Balaban J connectivity index is 2.00. The fourth-order valence-corrected chi connectivity index (χ4v) is 2.56. The van der Waals surface area contributed by atoms with Crippen LogP contribution < -0.4 is 10.6 Å². The van der Waals surface area contributed by atoms with Crippen LogP contribution in [0.3, 0.4) is 0 Å². The van der Waals surface area contributed by atoms with Crippen molar-refractivity contribution in [2.24, 2.45) is 0 Å². The Hall–Kier alpha value is -2.29. The number of nitrogens with one attached hydrogen (secondary N) is 2. The Morgan fingerprint density at radius 3 is 2.26 bits per heavy atom. The highest BCUT2D eigenvalue weighted by atomic mass is 16.2. The van der Waals surface area contributed by atoms with Crippen molar-refractivity contribution in [3.8, 4) is 0 Å². The molecule has 2 aromatic carbocycles. The van der Waals surface area contributed by atoms with Gasteiger partial charge < -0.3 is 10.6 Å². The van der Waals surface area contributed by atoms with E-state index in [0.29, 0.717) is 0 Å². The summed E-state index contributed by atoms with van der Waals surface area (Å²) in [5.41, 5.74) is 5.15. The molecule has 3 heteroatoms. The molecule has 19 heavy (non-hydrogen) atoms. The topological polar surface area (TPSA) is 41.1 Å². The summed E-state index contributed by atoms with van der Waals surface area (Å²) >= 11 is 0. The maximum absolute atomic E-state index is 12.2. The Morgan fingerprint density at radius 1 is 0.947 bits per heavy atom. The van der Waals surface area contributed by atoms with Gasteiger partial charge in [0.1, 0.15) is 6.04 Å². The van der Waals surface area contributed by atoms with E-state index in [1.54, 1.807) is 0 Å². The van der Waals surface area contributed by atoms with Crippen molar-refractivity contribution in [2.75, 3.05) is 10.6 Å². The lowest BCUT2D eigenvalue weighted by molar-refractivity contribution is -0.117. The van der Waals surface area contributed by atoms with Gasteiger partial charge in [-0.2, -0.15) is 0 Å². The number of carbonyl (C=O) groups is 1. The summed E-state index contributed by atoms with van der Waals surface area (Å²) in [5.74, 6) is -0.0105. The van der Waals surface area contributed by atoms with E-state index < -0.39 is 0 Å². The van der Waals surface area contributed by atoms with Gasteiger partial charge in [0.15, 0.2) is 0 Å². The lowest BCUT2D eigenvalue weighted by Gasteiger charge is -2.27. The van der Waals surface area contributed by atoms with Crippen molar-refractivity contribution in [2.45, 2.75) is 19.9 Å². The van der Waals surface area contributed by atoms with Gasteiger partial charge in [0.2, 0.25) is 0 Å². The summed E-state index contributed by atoms with van der Waals surface area (Å²) in [5, 5.41) is 6.25. The third-order valence-electron chi connectivity index (χ3n) is 3.32. The van der Waals surface area contributed by atoms with Crippen LogP contribution in [0.25, 0.3) is 0 Å². The standard InChI is InChI=1S/C16H16N2O/c1-10-7-11(2)9-12(8-10)15-16(19)18-14-6-4-3-5-13(14)17-15/h3-9,15,17H,1-2H3,(H,18,19)/t15-/m1/s1. The number of benzene rings is 2. The lowest BCUT2D eigenvalue weighted by atomic mass is 9.99. The first-order valence-corrected chi connectivity index (χ1v) is 6.38.